The Bertz CT molecular complexity index is 698. The number of hydrogen-bond acceptors (Lipinski definition) is 3. The topological polar surface area (TPSA) is 50.8 Å². The van der Waals surface area contributed by atoms with Gasteiger partial charge in [0.05, 0.1) is 0 Å². The molecule has 2 aromatic carbocycles. The van der Waals surface area contributed by atoms with Gasteiger partial charge in [0.2, 0.25) is 0 Å². The third-order valence-electron chi connectivity index (χ3n) is 3.18. The Morgan fingerprint density at radius 2 is 1.44 bits per heavy atom. The van der Waals surface area contributed by atoms with Crippen LogP contribution in [-0.4, -0.2) is 38.2 Å². The van der Waals surface area contributed by atoms with Gasteiger partial charge in [0.25, 0.3) is 0 Å². The predicted octanol–water partition coefficient (Wildman–Crippen LogP) is 4.45. The van der Waals surface area contributed by atoms with Gasteiger partial charge in [0.15, 0.2) is 0 Å². The molecule has 0 aliphatic rings. The number of anilines is 1. The number of halogens is 1. The largest absolute Gasteiger partial charge is 0.490 e. The van der Waals surface area contributed by atoms with E-state index in [9.17, 15) is 4.79 Å². The number of carbonyl (C=O) groups is 1. The number of carbonyl (C=O) groups excluding carboxylic acids is 1. The standard InChI is InChI=1S/C19H21ClN2O3/c1-22(2)19(23)21-16-7-11-18(12-8-16)25-14-4-3-13-24-17-9-5-15(20)6-10-17/h3-12H,13-14H2,1-2H3,(H,21,23). The lowest BCUT2D eigenvalue weighted by Crippen LogP contribution is -2.27. The van der Waals surface area contributed by atoms with Gasteiger partial charge in [-0.3, -0.25) is 0 Å². The monoisotopic (exact) mass is 360 g/mol. The van der Waals surface area contributed by atoms with Crippen molar-refractivity contribution in [3.63, 3.8) is 0 Å². The van der Waals surface area contributed by atoms with Gasteiger partial charge < -0.3 is 19.7 Å². The maximum absolute atomic E-state index is 11.5. The average molecular weight is 361 g/mol. The van der Waals surface area contributed by atoms with Crippen molar-refractivity contribution in [2.45, 2.75) is 0 Å². The highest BCUT2D eigenvalue weighted by Crippen LogP contribution is 2.16. The van der Waals surface area contributed by atoms with Crippen LogP contribution in [-0.2, 0) is 0 Å². The van der Waals surface area contributed by atoms with Crippen molar-refractivity contribution in [1.29, 1.82) is 0 Å². The molecule has 1 N–H and O–H groups in total. The molecule has 6 heteroatoms. The fourth-order valence-corrected chi connectivity index (χ4v) is 1.95. The van der Waals surface area contributed by atoms with E-state index in [4.69, 9.17) is 21.1 Å². The number of ether oxygens (including phenoxy) is 2. The number of rotatable bonds is 7. The summed E-state index contributed by atoms with van der Waals surface area (Å²) in [6.45, 7) is 0.897. The zero-order valence-corrected chi connectivity index (χ0v) is 15.0. The molecule has 0 atom stereocenters. The molecule has 0 saturated heterocycles. The summed E-state index contributed by atoms with van der Waals surface area (Å²) in [5, 5.41) is 3.45. The van der Waals surface area contributed by atoms with Crippen LogP contribution in [0.15, 0.2) is 60.7 Å². The first-order valence-corrected chi connectivity index (χ1v) is 8.17. The Hall–Kier alpha value is -2.66. The summed E-state index contributed by atoms with van der Waals surface area (Å²) in [7, 11) is 3.38. The first-order chi connectivity index (χ1) is 12.0. The highest BCUT2D eigenvalue weighted by Gasteiger charge is 2.03. The quantitative estimate of drug-likeness (QED) is 0.742. The SMILES string of the molecule is CN(C)C(=O)Nc1ccc(OCC=CCOc2ccc(Cl)cc2)cc1. The van der Waals surface area contributed by atoms with Crippen LogP contribution >= 0.6 is 11.6 Å². The zero-order valence-electron chi connectivity index (χ0n) is 14.2. The maximum Gasteiger partial charge on any atom is 0.321 e. The highest BCUT2D eigenvalue weighted by molar-refractivity contribution is 6.30. The molecule has 25 heavy (non-hydrogen) atoms. The Kier molecular flexibility index (Phi) is 7.16. The molecule has 0 spiro atoms. The Balaban J connectivity index is 1.68. The number of benzene rings is 2. The van der Waals surface area contributed by atoms with Crippen LogP contribution in [0.4, 0.5) is 10.5 Å². The normalized spacial score (nSPS) is 10.5. The van der Waals surface area contributed by atoms with Crippen molar-refractivity contribution in [1.82, 2.24) is 4.90 Å². The number of nitrogens with zero attached hydrogens (tertiary/aromatic N) is 1. The smallest absolute Gasteiger partial charge is 0.321 e. The van der Waals surface area contributed by atoms with Crippen LogP contribution in [0, 0.1) is 0 Å². The van der Waals surface area contributed by atoms with E-state index in [0.717, 1.165) is 17.2 Å². The molecule has 2 amide bonds. The van der Waals surface area contributed by atoms with E-state index >= 15 is 0 Å². The molecular weight excluding hydrogens is 340 g/mol. The van der Waals surface area contributed by atoms with Gasteiger partial charge in [-0.15, -0.1) is 0 Å². The second-order valence-corrected chi connectivity index (χ2v) is 5.83. The van der Waals surface area contributed by atoms with Crippen LogP contribution in [0.3, 0.4) is 0 Å². The maximum atomic E-state index is 11.5. The lowest BCUT2D eigenvalue weighted by Gasteiger charge is -2.12. The first-order valence-electron chi connectivity index (χ1n) is 7.79. The minimum Gasteiger partial charge on any atom is -0.490 e. The van der Waals surface area contributed by atoms with Crippen molar-refractivity contribution in [3.05, 3.63) is 65.7 Å². The summed E-state index contributed by atoms with van der Waals surface area (Å²) in [6.07, 6.45) is 3.78. The molecular formula is C19H21ClN2O3. The Morgan fingerprint density at radius 1 is 0.960 bits per heavy atom. The molecule has 2 aromatic rings. The molecule has 0 aromatic heterocycles. The predicted molar refractivity (Wildman–Crippen MR) is 101 cm³/mol. The van der Waals surface area contributed by atoms with Crippen LogP contribution in [0.25, 0.3) is 0 Å². The third-order valence-corrected chi connectivity index (χ3v) is 3.44. The first kappa shape index (κ1) is 18.7. The van der Waals surface area contributed by atoms with Gasteiger partial charge in [-0.05, 0) is 60.7 Å². The molecule has 0 radical (unpaired) electrons. The van der Waals surface area contributed by atoms with E-state index in [1.54, 1.807) is 38.4 Å². The lowest BCUT2D eigenvalue weighted by molar-refractivity contribution is 0.230. The summed E-state index contributed by atoms with van der Waals surface area (Å²) in [5.74, 6) is 1.50. The van der Waals surface area contributed by atoms with E-state index in [-0.39, 0.29) is 6.03 Å². The summed E-state index contributed by atoms with van der Waals surface area (Å²) < 4.78 is 11.1. The molecule has 0 unspecified atom stereocenters. The van der Waals surface area contributed by atoms with Gasteiger partial charge in [0.1, 0.15) is 24.7 Å². The molecule has 2 rings (SSSR count). The van der Waals surface area contributed by atoms with E-state index in [1.165, 1.54) is 4.90 Å². The van der Waals surface area contributed by atoms with Crippen LogP contribution in [0.2, 0.25) is 5.02 Å². The molecule has 5 nitrogen and oxygen atoms in total. The summed E-state index contributed by atoms with van der Waals surface area (Å²) in [6, 6.07) is 14.3. The van der Waals surface area contributed by atoms with E-state index < -0.39 is 0 Å². The van der Waals surface area contributed by atoms with E-state index in [1.807, 2.05) is 36.4 Å². The van der Waals surface area contributed by atoms with Crippen molar-refractivity contribution in [2.75, 3.05) is 32.6 Å². The molecule has 0 heterocycles. The van der Waals surface area contributed by atoms with Gasteiger partial charge in [-0.25, -0.2) is 4.79 Å². The van der Waals surface area contributed by atoms with Crippen LogP contribution < -0.4 is 14.8 Å². The lowest BCUT2D eigenvalue weighted by atomic mass is 10.3. The Labute approximate surface area is 152 Å². The highest BCUT2D eigenvalue weighted by atomic mass is 35.5. The number of hydrogen-bond donors (Lipinski definition) is 1. The third kappa shape index (κ3) is 6.77. The van der Waals surface area contributed by atoms with Crippen molar-refractivity contribution in [2.24, 2.45) is 0 Å². The summed E-state index contributed by atoms with van der Waals surface area (Å²) >= 11 is 5.81. The minimum absolute atomic E-state index is 0.169. The Morgan fingerprint density at radius 3 is 1.92 bits per heavy atom. The van der Waals surface area contributed by atoms with Crippen molar-refractivity contribution in [3.8, 4) is 11.5 Å². The molecule has 0 bridgehead atoms. The van der Waals surface area contributed by atoms with Crippen LogP contribution in [0.5, 0.6) is 11.5 Å². The van der Waals surface area contributed by atoms with E-state index in [2.05, 4.69) is 5.32 Å². The molecule has 0 aliphatic heterocycles. The number of amides is 2. The fourth-order valence-electron chi connectivity index (χ4n) is 1.83. The number of nitrogens with one attached hydrogen (secondary N) is 1. The summed E-state index contributed by atoms with van der Waals surface area (Å²) in [5.41, 5.74) is 0.720. The molecule has 132 valence electrons. The minimum atomic E-state index is -0.169. The average Bonchev–Trinajstić information content (AvgIpc) is 2.60. The van der Waals surface area contributed by atoms with Crippen molar-refractivity contribution >= 4 is 23.3 Å². The second-order valence-electron chi connectivity index (χ2n) is 5.40. The molecule has 0 aliphatic carbocycles. The molecule has 0 fully saturated rings. The zero-order chi connectivity index (χ0) is 18.1. The van der Waals surface area contributed by atoms with Gasteiger partial charge in [0, 0.05) is 24.8 Å². The number of urea groups is 1. The van der Waals surface area contributed by atoms with Crippen LogP contribution in [0.1, 0.15) is 0 Å². The summed E-state index contributed by atoms with van der Waals surface area (Å²) in [4.78, 5) is 13.0. The van der Waals surface area contributed by atoms with E-state index in [0.29, 0.717) is 18.2 Å². The van der Waals surface area contributed by atoms with Gasteiger partial charge >= 0.3 is 6.03 Å². The fraction of sp³-hybridized carbons (Fsp3) is 0.211. The van der Waals surface area contributed by atoms with Gasteiger partial charge in [-0.1, -0.05) is 11.6 Å². The van der Waals surface area contributed by atoms with Gasteiger partial charge in [-0.2, -0.15) is 0 Å². The van der Waals surface area contributed by atoms with Crippen molar-refractivity contribution < 1.29 is 14.3 Å². The second kappa shape index (κ2) is 9.59. The molecule has 0 saturated carbocycles.